The summed E-state index contributed by atoms with van der Waals surface area (Å²) in [6.45, 7) is -0.264. The highest BCUT2D eigenvalue weighted by atomic mass is 19.3. The quantitative estimate of drug-likeness (QED) is 0.930. The van der Waals surface area contributed by atoms with E-state index in [0.29, 0.717) is 0 Å². The van der Waals surface area contributed by atoms with Crippen molar-refractivity contribution in [1.82, 2.24) is 4.90 Å². The van der Waals surface area contributed by atoms with Crippen LogP contribution in [0.2, 0.25) is 0 Å². The molecule has 2 atom stereocenters. The maximum atomic E-state index is 13.7. The van der Waals surface area contributed by atoms with E-state index in [0.717, 1.165) is 10.5 Å². The third kappa shape index (κ3) is 2.03. The number of carbonyl (C=O) groups excluding carboxylic acids is 1. The maximum absolute atomic E-state index is 13.7. The van der Waals surface area contributed by atoms with Crippen molar-refractivity contribution in [3.8, 4) is 0 Å². The van der Waals surface area contributed by atoms with Crippen molar-refractivity contribution in [2.45, 2.75) is 19.0 Å². The van der Waals surface area contributed by atoms with E-state index in [2.05, 4.69) is 0 Å². The number of carboxylic acids is 1. The molecule has 2 unspecified atom stereocenters. The molecule has 1 saturated carbocycles. The average Bonchev–Trinajstić information content (AvgIpc) is 3.03. The Labute approximate surface area is 125 Å². The summed E-state index contributed by atoms with van der Waals surface area (Å²) in [7, 11) is 0. The van der Waals surface area contributed by atoms with Crippen LogP contribution in [0.1, 0.15) is 12.0 Å². The fourth-order valence-electron chi connectivity index (χ4n) is 3.14. The Hall–Kier alpha value is -2.18. The van der Waals surface area contributed by atoms with Gasteiger partial charge in [0.25, 0.3) is 5.92 Å². The molecular formula is C15H15F2NO4. The summed E-state index contributed by atoms with van der Waals surface area (Å²) >= 11 is 0. The summed E-state index contributed by atoms with van der Waals surface area (Å²) in [6.07, 6.45) is -0.939. The van der Waals surface area contributed by atoms with Crippen LogP contribution in [0.5, 0.6) is 0 Å². The highest BCUT2D eigenvalue weighted by Crippen LogP contribution is 2.69. The normalized spacial score (nSPS) is 28.6. The van der Waals surface area contributed by atoms with Crippen molar-refractivity contribution in [1.29, 1.82) is 0 Å². The largest absolute Gasteiger partial charge is 0.481 e. The summed E-state index contributed by atoms with van der Waals surface area (Å²) in [5.74, 6) is -6.07. The molecule has 118 valence electrons. The van der Waals surface area contributed by atoms with Gasteiger partial charge in [-0.25, -0.2) is 13.6 Å². The number of likely N-dealkylation sites (tertiary alicyclic amines) is 1. The zero-order chi connectivity index (χ0) is 16.0. The number of nitrogens with zero attached hydrogens (tertiary/aromatic N) is 1. The third-order valence-electron chi connectivity index (χ3n) is 4.57. The van der Waals surface area contributed by atoms with Gasteiger partial charge >= 0.3 is 12.1 Å². The first-order chi connectivity index (χ1) is 10.4. The molecule has 0 bridgehead atoms. The van der Waals surface area contributed by atoms with Gasteiger partial charge in [-0.1, -0.05) is 30.3 Å². The first-order valence-electron chi connectivity index (χ1n) is 6.96. The fraction of sp³-hybridized carbons (Fsp3) is 0.467. The molecule has 1 N–H and O–H groups in total. The number of rotatable bonds is 3. The predicted molar refractivity (Wildman–Crippen MR) is 71.3 cm³/mol. The first-order valence-corrected chi connectivity index (χ1v) is 6.96. The van der Waals surface area contributed by atoms with Crippen LogP contribution in [-0.2, 0) is 16.1 Å². The van der Waals surface area contributed by atoms with E-state index in [-0.39, 0.29) is 26.1 Å². The fourth-order valence-corrected chi connectivity index (χ4v) is 3.14. The number of halogens is 2. The molecule has 3 rings (SSSR count). The number of carbonyl (C=O) groups is 2. The van der Waals surface area contributed by atoms with Gasteiger partial charge in [-0.05, 0) is 12.0 Å². The lowest BCUT2D eigenvalue weighted by atomic mass is 9.95. The van der Waals surface area contributed by atoms with E-state index in [1.165, 1.54) is 0 Å². The van der Waals surface area contributed by atoms with Gasteiger partial charge in [0.05, 0.1) is 5.92 Å². The van der Waals surface area contributed by atoms with Gasteiger partial charge in [0.15, 0.2) is 0 Å². The molecule has 0 spiro atoms. The second-order valence-electron chi connectivity index (χ2n) is 5.69. The predicted octanol–water partition coefficient (Wildman–Crippen LogP) is 2.37. The standard InChI is InChI=1S/C15H15F2NO4/c16-15(17)11-8-18(7-6-14(11,15)12(19)20)13(21)22-9-10-4-2-1-3-5-10/h1-5,11H,6-9H2,(H,19,20). The van der Waals surface area contributed by atoms with Crippen molar-refractivity contribution in [3.63, 3.8) is 0 Å². The summed E-state index contributed by atoms with van der Waals surface area (Å²) in [4.78, 5) is 24.2. The molecule has 22 heavy (non-hydrogen) atoms. The number of hydrogen-bond acceptors (Lipinski definition) is 3. The lowest BCUT2D eigenvalue weighted by Gasteiger charge is -2.27. The molecule has 0 aromatic heterocycles. The van der Waals surface area contributed by atoms with Gasteiger partial charge in [-0.3, -0.25) is 4.79 Å². The molecule has 7 heteroatoms. The van der Waals surface area contributed by atoms with Gasteiger partial charge in [-0.2, -0.15) is 0 Å². The van der Waals surface area contributed by atoms with E-state index in [1.54, 1.807) is 24.3 Å². The van der Waals surface area contributed by atoms with Crippen molar-refractivity contribution in [2.24, 2.45) is 11.3 Å². The number of amides is 1. The van der Waals surface area contributed by atoms with E-state index in [4.69, 9.17) is 9.84 Å². The molecule has 1 aliphatic heterocycles. The Morgan fingerprint density at radius 2 is 2.00 bits per heavy atom. The number of ether oxygens (including phenoxy) is 1. The Balaban J connectivity index is 1.59. The molecule has 1 aliphatic carbocycles. The highest BCUT2D eigenvalue weighted by molar-refractivity contribution is 5.82. The second-order valence-corrected chi connectivity index (χ2v) is 5.69. The minimum absolute atomic E-state index is 0.0357. The molecule has 1 amide bonds. The summed E-state index contributed by atoms with van der Waals surface area (Å²) < 4.78 is 32.6. The summed E-state index contributed by atoms with van der Waals surface area (Å²) in [5.41, 5.74) is -1.20. The van der Waals surface area contributed by atoms with Crippen LogP contribution in [0.4, 0.5) is 13.6 Å². The molecule has 1 heterocycles. The number of aliphatic carboxylic acids is 1. The molecule has 1 aromatic rings. The number of benzene rings is 1. The Morgan fingerprint density at radius 1 is 1.32 bits per heavy atom. The van der Waals surface area contributed by atoms with Gasteiger partial charge in [0, 0.05) is 13.1 Å². The number of carboxylic acid groups (broad SMARTS) is 1. The van der Waals surface area contributed by atoms with Crippen LogP contribution in [0.3, 0.4) is 0 Å². The van der Waals surface area contributed by atoms with E-state index < -0.39 is 29.3 Å². The van der Waals surface area contributed by atoms with Gasteiger partial charge < -0.3 is 14.7 Å². The summed E-state index contributed by atoms with van der Waals surface area (Å²) in [6, 6.07) is 9.00. The second kappa shape index (κ2) is 4.93. The minimum atomic E-state index is -3.26. The third-order valence-corrected chi connectivity index (χ3v) is 4.57. The van der Waals surface area contributed by atoms with Gasteiger partial charge in [0.1, 0.15) is 12.0 Å². The van der Waals surface area contributed by atoms with Crippen LogP contribution < -0.4 is 0 Å². The number of hydrogen-bond donors (Lipinski definition) is 1. The van der Waals surface area contributed by atoms with Crippen molar-refractivity contribution >= 4 is 12.1 Å². The number of alkyl halides is 2. The topological polar surface area (TPSA) is 66.8 Å². The molecule has 1 aromatic carbocycles. The van der Waals surface area contributed by atoms with Crippen molar-refractivity contribution < 1.29 is 28.2 Å². The van der Waals surface area contributed by atoms with Crippen LogP contribution >= 0.6 is 0 Å². The van der Waals surface area contributed by atoms with Crippen LogP contribution in [0.25, 0.3) is 0 Å². The SMILES string of the molecule is O=C(OCc1ccccc1)N1CCC2(C(=O)O)C(C1)C2(F)F. The lowest BCUT2D eigenvalue weighted by Crippen LogP contribution is -2.41. The number of fused-ring (bicyclic) bond motifs is 1. The van der Waals surface area contributed by atoms with E-state index in [1.807, 2.05) is 6.07 Å². The van der Waals surface area contributed by atoms with Gasteiger partial charge in [-0.15, -0.1) is 0 Å². The minimum Gasteiger partial charge on any atom is -0.481 e. The van der Waals surface area contributed by atoms with Crippen LogP contribution in [0.15, 0.2) is 30.3 Å². The Kier molecular flexibility index (Phi) is 3.30. The highest BCUT2D eigenvalue weighted by Gasteiger charge is 2.86. The average molecular weight is 311 g/mol. The van der Waals surface area contributed by atoms with Crippen LogP contribution in [0, 0.1) is 11.3 Å². The lowest BCUT2D eigenvalue weighted by molar-refractivity contribution is -0.148. The van der Waals surface area contributed by atoms with Crippen LogP contribution in [-0.4, -0.2) is 41.1 Å². The Bertz CT molecular complexity index is 607. The monoisotopic (exact) mass is 311 g/mol. The Morgan fingerprint density at radius 3 is 2.59 bits per heavy atom. The molecule has 5 nitrogen and oxygen atoms in total. The van der Waals surface area contributed by atoms with Gasteiger partial charge in [0.2, 0.25) is 0 Å². The molecule has 2 aliphatic rings. The maximum Gasteiger partial charge on any atom is 0.410 e. The number of piperidine rings is 1. The van der Waals surface area contributed by atoms with Crippen molar-refractivity contribution in [2.75, 3.05) is 13.1 Å². The summed E-state index contributed by atoms with van der Waals surface area (Å²) in [5, 5.41) is 9.04. The molecule has 0 radical (unpaired) electrons. The van der Waals surface area contributed by atoms with E-state index in [9.17, 15) is 18.4 Å². The molecule has 2 fully saturated rings. The zero-order valence-corrected chi connectivity index (χ0v) is 11.7. The smallest absolute Gasteiger partial charge is 0.410 e. The molecular weight excluding hydrogens is 296 g/mol. The van der Waals surface area contributed by atoms with Crippen molar-refractivity contribution in [3.05, 3.63) is 35.9 Å². The first kappa shape index (κ1) is 14.7. The van der Waals surface area contributed by atoms with E-state index >= 15 is 0 Å². The molecule has 1 saturated heterocycles. The zero-order valence-electron chi connectivity index (χ0n) is 11.7.